The molecule has 0 fully saturated rings. The minimum atomic E-state index is -0.448. The Morgan fingerprint density at radius 2 is 2.05 bits per heavy atom. The number of hydrogen-bond acceptors (Lipinski definition) is 5. The van der Waals surface area contributed by atoms with Crippen LogP contribution in [0.5, 0.6) is 0 Å². The molecular formula is C16H22N2O4. The van der Waals surface area contributed by atoms with Crippen molar-refractivity contribution in [3.63, 3.8) is 0 Å². The van der Waals surface area contributed by atoms with E-state index in [2.05, 4.69) is 18.0 Å². The van der Waals surface area contributed by atoms with Crippen molar-refractivity contribution in [3.05, 3.63) is 29.1 Å². The molecule has 22 heavy (non-hydrogen) atoms. The molecule has 1 amide bonds. The van der Waals surface area contributed by atoms with E-state index in [0.29, 0.717) is 13.1 Å². The summed E-state index contributed by atoms with van der Waals surface area (Å²) in [6.45, 7) is 9.03. The van der Waals surface area contributed by atoms with Gasteiger partial charge in [-0.25, -0.2) is 4.79 Å². The van der Waals surface area contributed by atoms with E-state index < -0.39 is 5.60 Å². The molecule has 2 heterocycles. The number of fused-ring (bicyclic) bond motifs is 1. The van der Waals surface area contributed by atoms with Crippen LogP contribution in [0.15, 0.2) is 12.3 Å². The van der Waals surface area contributed by atoms with Crippen LogP contribution in [0.25, 0.3) is 0 Å². The molecule has 0 saturated carbocycles. The highest BCUT2D eigenvalue weighted by atomic mass is 16.6. The van der Waals surface area contributed by atoms with E-state index in [4.69, 9.17) is 14.3 Å². The highest BCUT2D eigenvalue weighted by Gasteiger charge is 2.26. The molecule has 0 radical (unpaired) electrons. The molecule has 0 spiro atoms. The number of aromatic nitrogens is 1. The van der Waals surface area contributed by atoms with Gasteiger partial charge in [-0.15, -0.1) is 0 Å². The molecule has 0 bridgehead atoms. The molecule has 6 nitrogen and oxygen atoms in total. The van der Waals surface area contributed by atoms with Crippen molar-refractivity contribution in [2.24, 2.45) is 0 Å². The zero-order chi connectivity index (χ0) is 16.8. The van der Waals surface area contributed by atoms with Crippen LogP contribution in [0.2, 0.25) is 0 Å². The summed E-state index contributed by atoms with van der Waals surface area (Å²) in [7, 11) is 0. The van der Waals surface area contributed by atoms with Crippen molar-refractivity contribution in [2.75, 3.05) is 6.54 Å². The molecule has 1 aliphatic heterocycles. The highest BCUT2D eigenvalue weighted by molar-refractivity contribution is 5.68. The lowest BCUT2D eigenvalue weighted by atomic mass is 10.0. The van der Waals surface area contributed by atoms with Crippen molar-refractivity contribution >= 4 is 12.2 Å². The fraction of sp³-hybridized carbons (Fsp3) is 0.562. The topological polar surface area (TPSA) is 76.6 Å². The fourth-order valence-electron chi connectivity index (χ4n) is 2.14. The van der Waals surface area contributed by atoms with E-state index in [1.165, 1.54) is 11.1 Å². The number of nitrogens with zero attached hydrogens (tertiary/aromatic N) is 2. The minimum Gasteiger partial charge on any atom is -0.444 e. The van der Waals surface area contributed by atoms with Crippen LogP contribution in [-0.2, 0) is 33.7 Å². The third-order valence-electron chi connectivity index (χ3n) is 3.17. The van der Waals surface area contributed by atoms with Gasteiger partial charge >= 0.3 is 12.2 Å². The second kappa shape index (κ2) is 7.71. The first-order chi connectivity index (χ1) is 10.3. The van der Waals surface area contributed by atoms with Crippen LogP contribution in [-0.4, -0.2) is 34.3 Å². The summed E-state index contributed by atoms with van der Waals surface area (Å²) in [6, 6.07) is 2.20. The molecule has 2 rings (SSSR count). The number of carbonyl (C=O) groups excluding carboxylic acids is 3. The Balaban J connectivity index is 0.000000745. The lowest BCUT2D eigenvalue weighted by Gasteiger charge is -2.30. The van der Waals surface area contributed by atoms with E-state index in [-0.39, 0.29) is 12.2 Å². The zero-order valence-electron chi connectivity index (χ0n) is 13.5. The Labute approximate surface area is 130 Å². The van der Waals surface area contributed by atoms with Crippen molar-refractivity contribution in [2.45, 2.75) is 52.7 Å². The predicted molar refractivity (Wildman–Crippen MR) is 79.0 cm³/mol. The Bertz CT molecular complexity index is 558. The molecule has 1 aliphatic rings. The van der Waals surface area contributed by atoms with Gasteiger partial charge in [-0.2, -0.15) is 9.59 Å². The first-order valence-corrected chi connectivity index (χ1v) is 7.24. The van der Waals surface area contributed by atoms with E-state index in [0.717, 1.165) is 18.5 Å². The number of carbonyl (C=O) groups is 1. The number of aryl methyl sites for hydroxylation is 1. The average Bonchev–Trinajstić information content (AvgIpc) is 2.45. The highest BCUT2D eigenvalue weighted by Crippen LogP contribution is 2.20. The molecule has 0 aliphatic carbocycles. The maximum atomic E-state index is 12.0. The van der Waals surface area contributed by atoms with Crippen LogP contribution in [0.3, 0.4) is 0 Å². The van der Waals surface area contributed by atoms with Crippen molar-refractivity contribution in [3.8, 4) is 0 Å². The Hall–Kier alpha value is -2.20. The normalized spacial score (nSPS) is 13.4. The number of amides is 1. The average molecular weight is 306 g/mol. The lowest BCUT2D eigenvalue weighted by molar-refractivity contribution is -0.191. The molecular weight excluding hydrogens is 284 g/mol. The van der Waals surface area contributed by atoms with Gasteiger partial charge in [-0.05, 0) is 44.7 Å². The van der Waals surface area contributed by atoms with Crippen LogP contribution >= 0.6 is 0 Å². The van der Waals surface area contributed by atoms with Crippen LogP contribution in [0, 0.1) is 0 Å². The monoisotopic (exact) mass is 306 g/mol. The second-order valence-electron chi connectivity index (χ2n) is 6.04. The smallest absolute Gasteiger partial charge is 0.410 e. The second-order valence-corrected chi connectivity index (χ2v) is 6.04. The zero-order valence-corrected chi connectivity index (χ0v) is 13.5. The van der Waals surface area contributed by atoms with Crippen molar-refractivity contribution < 1.29 is 19.1 Å². The molecule has 1 aromatic heterocycles. The van der Waals surface area contributed by atoms with Crippen LogP contribution < -0.4 is 0 Å². The molecule has 0 unspecified atom stereocenters. The first kappa shape index (κ1) is 17.9. The van der Waals surface area contributed by atoms with Gasteiger partial charge in [0.2, 0.25) is 0 Å². The summed E-state index contributed by atoms with van der Waals surface area (Å²) in [5.41, 5.74) is 3.06. The number of rotatable bonds is 1. The van der Waals surface area contributed by atoms with Gasteiger partial charge in [0.25, 0.3) is 0 Å². The van der Waals surface area contributed by atoms with Gasteiger partial charge in [0.05, 0.1) is 12.2 Å². The number of pyridine rings is 1. The summed E-state index contributed by atoms with van der Waals surface area (Å²) in [5.74, 6) is 0. The number of ether oxygens (including phenoxy) is 1. The standard InChI is InChI=1S/C15H22N2O2.CO2/c1-5-11-8-12-6-7-17(10-13(12)16-9-11)14(18)19-15(2,3)4;2-1-3/h8-9H,5-7,10H2,1-4H3;. The number of hydrogen-bond donors (Lipinski definition) is 0. The van der Waals surface area contributed by atoms with Gasteiger partial charge in [0, 0.05) is 12.7 Å². The van der Waals surface area contributed by atoms with E-state index in [1.807, 2.05) is 27.0 Å². The minimum absolute atomic E-state index is 0.250. The first-order valence-electron chi connectivity index (χ1n) is 7.24. The third-order valence-corrected chi connectivity index (χ3v) is 3.17. The van der Waals surface area contributed by atoms with Gasteiger partial charge in [0.15, 0.2) is 0 Å². The van der Waals surface area contributed by atoms with Gasteiger partial charge in [0.1, 0.15) is 5.60 Å². The summed E-state index contributed by atoms with van der Waals surface area (Å²) in [4.78, 5) is 34.5. The van der Waals surface area contributed by atoms with E-state index in [9.17, 15) is 4.79 Å². The quantitative estimate of drug-likeness (QED) is 0.796. The lowest BCUT2D eigenvalue weighted by Crippen LogP contribution is -2.40. The summed E-state index contributed by atoms with van der Waals surface area (Å²) < 4.78 is 5.40. The van der Waals surface area contributed by atoms with Crippen molar-refractivity contribution in [1.82, 2.24) is 9.88 Å². The largest absolute Gasteiger partial charge is 0.444 e. The molecule has 120 valence electrons. The fourth-order valence-corrected chi connectivity index (χ4v) is 2.14. The Morgan fingerprint density at radius 3 is 2.59 bits per heavy atom. The summed E-state index contributed by atoms with van der Waals surface area (Å²) in [5, 5.41) is 0. The van der Waals surface area contributed by atoms with Gasteiger partial charge in [-0.3, -0.25) is 4.98 Å². The molecule has 0 N–H and O–H groups in total. The summed E-state index contributed by atoms with van der Waals surface area (Å²) in [6.07, 6.45) is 3.75. The molecule has 0 aromatic carbocycles. The van der Waals surface area contributed by atoms with E-state index in [1.54, 1.807) is 4.90 Å². The van der Waals surface area contributed by atoms with Crippen LogP contribution in [0.4, 0.5) is 4.79 Å². The Morgan fingerprint density at radius 1 is 1.41 bits per heavy atom. The molecule has 1 aromatic rings. The molecule has 6 heteroatoms. The Kier molecular flexibility index (Phi) is 6.25. The third kappa shape index (κ3) is 5.30. The predicted octanol–water partition coefficient (Wildman–Crippen LogP) is 2.35. The SMILES string of the molecule is CCc1cnc2c(c1)CCN(C(=O)OC(C)(C)C)C2.O=C=O. The van der Waals surface area contributed by atoms with Crippen molar-refractivity contribution in [1.29, 1.82) is 0 Å². The van der Waals surface area contributed by atoms with Gasteiger partial charge < -0.3 is 9.64 Å². The molecule has 0 saturated heterocycles. The summed E-state index contributed by atoms with van der Waals surface area (Å²) >= 11 is 0. The van der Waals surface area contributed by atoms with Crippen LogP contribution in [0.1, 0.15) is 44.5 Å². The maximum Gasteiger partial charge on any atom is 0.410 e. The van der Waals surface area contributed by atoms with E-state index >= 15 is 0 Å². The molecule has 0 atom stereocenters. The van der Waals surface area contributed by atoms with Gasteiger partial charge in [-0.1, -0.05) is 13.0 Å². The maximum absolute atomic E-state index is 12.0.